The molecule has 4 atom stereocenters. The van der Waals surface area contributed by atoms with Crippen molar-refractivity contribution in [3.8, 4) is 0 Å². The normalized spacial score (nSPS) is 32.1. The van der Waals surface area contributed by atoms with Crippen LogP contribution in [0.2, 0.25) is 0 Å². The average Bonchev–Trinajstić information content (AvgIpc) is 3.37. The highest BCUT2D eigenvalue weighted by Crippen LogP contribution is 2.42. The van der Waals surface area contributed by atoms with Crippen LogP contribution in [0.15, 0.2) is 35.3 Å². The number of rotatable bonds is 4. The van der Waals surface area contributed by atoms with Crippen molar-refractivity contribution in [2.24, 2.45) is 16.5 Å². The quantitative estimate of drug-likeness (QED) is 0.144. The maximum Gasteiger partial charge on any atom is 0.343 e. The molecule has 13 nitrogen and oxygen atoms in total. The summed E-state index contributed by atoms with van der Waals surface area (Å²) in [6.07, 6.45) is -1.21. The van der Waals surface area contributed by atoms with Gasteiger partial charge in [-0.25, -0.2) is 15.1 Å². The Morgan fingerprint density at radius 1 is 1.21 bits per heavy atom. The van der Waals surface area contributed by atoms with Gasteiger partial charge in [0.15, 0.2) is 18.1 Å². The van der Waals surface area contributed by atoms with Gasteiger partial charge in [-0.1, -0.05) is 18.2 Å². The molecule has 0 bridgehead atoms. The summed E-state index contributed by atoms with van der Waals surface area (Å²) in [6, 6.07) is 6.37. The Morgan fingerprint density at radius 3 is 2.55 bits per heavy atom. The van der Waals surface area contributed by atoms with Gasteiger partial charge in [0, 0.05) is 12.8 Å². The highest BCUT2D eigenvalue weighted by Gasteiger charge is 2.77. The first kappa shape index (κ1) is 21.2. The van der Waals surface area contributed by atoms with Crippen LogP contribution in [0.5, 0.6) is 0 Å². The molecule has 1 aromatic carbocycles. The predicted octanol–water partition coefficient (Wildman–Crippen LogP) is -4.88. The molecular formula is C20H24N7O6+. The highest BCUT2D eigenvalue weighted by atomic mass is 16.6. The molecule has 0 saturated carbocycles. The number of nitrogens with two attached hydrogens (primary N) is 2. The number of guanidine groups is 2. The molecule has 8 N–H and O–H groups in total. The molecule has 0 aromatic heterocycles. The summed E-state index contributed by atoms with van der Waals surface area (Å²) in [4.78, 5) is 46.7. The van der Waals surface area contributed by atoms with E-state index in [1.165, 1.54) is 4.90 Å². The molecule has 2 amide bonds. The van der Waals surface area contributed by atoms with E-state index in [1.807, 2.05) is 0 Å². The lowest BCUT2D eigenvalue weighted by Gasteiger charge is -2.46. The molecule has 174 valence electrons. The molecule has 0 radical (unpaired) electrons. The van der Waals surface area contributed by atoms with Crippen LogP contribution in [-0.4, -0.2) is 92.4 Å². The van der Waals surface area contributed by atoms with Crippen LogP contribution in [0.25, 0.3) is 0 Å². The summed E-state index contributed by atoms with van der Waals surface area (Å²) >= 11 is 0. The van der Waals surface area contributed by atoms with E-state index >= 15 is 0 Å². The molecule has 1 aromatic rings. The number of hydrogen-bond donors (Lipinski definition) is 6. The lowest BCUT2D eigenvalue weighted by atomic mass is 9.85. The van der Waals surface area contributed by atoms with E-state index in [2.05, 4.69) is 15.3 Å². The number of likely N-dealkylation sites (tertiary alicyclic amines) is 1. The number of carbonyl (C=O) groups excluding carboxylic acids is 3. The summed E-state index contributed by atoms with van der Waals surface area (Å²) in [5, 5.41) is 25.5. The van der Waals surface area contributed by atoms with Crippen molar-refractivity contribution in [3.63, 3.8) is 0 Å². The Morgan fingerprint density at radius 2 is 1.88 bits per heavy atom. The summed E-state index contributed by atoms with van der Waals surface area (Å²) in [6.45, 7) is -0.307. The Bertz CT molecular complexity index is 1070. The Balaban J connectivity index is 1.48. The Hall–Kier alpha value is -3.71. The number of carbonyl (C=O) groups is 3. The third-order valence-corrected chi connectivity index (χ3v) is 6.61. The molecule has 5 rings (SSSR count). The minimum Gasteiger partial charge on any atom is -0.451 e. The molecular weight excluding hydrogens is 434 g/mol. The topological polar surface area (TPSA) is 198 Å². The van der Waals surface area contributed by atoms with Gasteiger partial charge >= 0.3 is 11.9 Å². The van der Waals surface area contributed by atoms with Crippen molar-refractivity contribution in [1.29, 1.82) is 0 Å². The lowest BCUT2D eigenvalue weighted by Crippen LogP contribution is -2.90. The number of hydrogen-bond acceptors (Lipinski definition) is 11. The smallest absolute Gasteiger partial charge is 0.343 e. The van der Waals surface area contributed by atoms with Gasteiger partial charge in [0.2, 0.25) is 11.8 Å². The monoisotopic (exact) mass is 458 g/mol. The predicted molar refractivity (Wildman–Crippen MR) is 111 cm³/mol. The van der Waals surface area contributed by atoms with Crippen LogP contribution in [0.4, 0.5) is 0 Å². The standard InChI is InChI=1S/C20H23N7O6/c21-17-24-15-11(8-26-13(28)6-7-14(26)29)23-18(22)27-9-12(20(31,32)19(15,27)25-17)33-16(30)10-4-2-1-3-5-10/h1-5,11-12,15,31-32H,6-9H2,(H2,22,23)(H3,21,24,25)/p+1/t11-,12-,15-,19-/m0/s1. The number of aliphatic imine (C=N–C) groups is 1. The van der Waals surface area contributed by atoms with Crippen LogP contribution in [-0.2, 0) is 14.3 Å². The van der Waals surface area contributed by atoms with E-state index in [-0.39, 0.29) is 55.2 Å². The lowest BCUT2D eigenvalue weighted by molar-refractivity contribution is -0.522. The highest BCUT2D eigenvalue weighted by molar-refractivity contribution is 6.02. The van der Waals surface area contributed by atoms with E-state index in [4.69, 9.17) is 16.2 Å². The van der Waals surface area contributed by atoms with E-state index < -0.39 is 35.6 Å². The third kappa shape index (κ3) is 2.96. The van der Waals surface area contributed by atoms with Gasteiger partial charge in [-0.15, -0.1) is 0 Å². The van der Waals surface area contributed by atoms with E-state index in [0.717, 1.165) is 4.90 Å². The van der Waals surface area contributed by atoms with Gasteiger partial charge in [-0.05, 0) is 12.1 Å². The fourth-order valence-electron chi connectivity index (χ4n) is 5.04. The fourth-order valence-corrected chi connectivity index (χ4v) is 5.04. The second-order valence-electron chi connectivity index (χ2n) is 8.48. The number of ether oxygens (including phenoxy) is 1. The van der Waals surface area contributed by atoms with Crippen LogP contribution in [0, 0.1) is 0 Å². The molecule has 2 fully saturated rings. The number of esters is 1. The van der Waals surface area contributed by atoms with Crippen molar-refractivity contribution in [2.75, 3.05) is 13.1 Å². The molecule has 13 heteroatoms. The largest absolute Gasteiger partial charge is 0.451 e. The van der Waals surface area contributed by atoms with Gasteiger partial charge in [-0.3, -0.25) is 30.1 Å². The summed E-state index contributed by atoms with van der Waals surface area (Å²) in [5.41, 5.74) is 10.6. The van der Waals surface area contributed by atoms with Crippen LogP contribution < -0.4 is 21.8 Å². The van der Waals surface area contributed by atoms with Crippen molar-refractivity contribution >= 4 is 29.7 Å². The summed E-state index contributed by atoms with van der Waals surface area (Å²) in [7, 11) is 0. The maximum absolute atomic E-state index is 12.6. The zero-order valence-electron chi connectivity index (χ0n) is 17.5. The average molecular weight is 458 g/mol. The third-order valence-electron chi connectivity index (χ3n) is 6.61. The van der Waals surface area contributed by atoms with Gasteiger partial charge in [0.25, 0.3) is 11.4 Å². The van der Waals surface area contributed by atoms with Crippen molar-refractivity contribution in [2.45, 2.75) is 42.5 Å². The minimum absolute atomic E-state index is 0.0153. The first-order valence-electron chi connectivity index (χ1n) is 10.5. The first-order valence-corrected chi connectivity index (χ1v) is 10.5. The molecule has 4 heterocycles. The fraction of sp³-hybridized carbons (Fsp3) is 0.450. The molecule has 2 saturated heterocycles. The van der Waals surface area contributed by atoms with E-state index in [1.54, 1.807) is 30.3 Å². The maximum atomic E-state index is 12.6. The number of nitrogens with one attached hydrogen (secondary N) is 2. The Kier molecular flexibility index (Phi) is 4.58. The SMILES string of the molecule is NC1=N[C@@H](CN2C(=O)CCC2=O)[C@@H]2[NH+]=C(N)N[C@]23N1C[C@H](OC(=O)c1ccccc1)C3(O)O. The number of nitrogens with zero attached hydrogens (tertiary/aromatic N) is 3. The Labute approximate surface area is 187 Å². The second kappa shape index (κ2) is 7.15. The molecule has 4 aliphatic heterocycles. The van der Waals surface area contributed by atoms with Gasteiger partial charge in [0.1, 0.15) is 6.04 Å². The second-order valence-corrected chi connectivity index (χ2v) is 8.48. The van der Waals surface area contributed by atoms with Crippen LogP contribution in [0.1, 0.15) is 23.2 Å². The van der Waals surface area contributed by atoms with Crippen molar-refractivity contribution < 1.29 is 34.3 Å². The van der Waals surface area contributed by atoms with Gasteiger partial charge < -0.3 is 20.7 Å². The zero-order chi connectivity index (χ0) is 23.5. The summed E-state index contributed by atoms with van der Waals surface area (Å²) in [5.74, 6) is -4.16. The minimum atomic E-state index is -2.67. The number of amides is 2. The van der Waals surface area contributed by atoms with Crippen molar-refractivity contribution in [3.05, 3.63) is 35.9 Å². The molecule has 33 heavy (non-hydrogen) atoms. The van der Waals surface area contributed by atoms with Gasteiger partial charge in [-0.2, -0.15) is 0 Å². The molecule has 0 unspecified atom stereocenters. The zero-order valence-corrected chi connectivity index (χ0v) is 17.5. The first-order chi connectivity index (χ1) is 15.6. The van der Waals surface area contributed by atoms with Crippen molar-refractivity contribution in [1.82, 2.24) is 15.1 Å². The van der Waals surface area contributed by atoms with E-state index in [0.29, 0.717) is 0 Å². The summed E-state index contributed by atoms with van der Waals surface area (Å²) < 4.78 is 5.47. The van der Waals surface area contributed by atoms with Crippen LogP contribution in [0.3, 0.4) is 0 Å². The van der Waals surface area contributed by atoms with Crippen LogP contribution >= 0.6 is 0 Å². The molecule has 1 spiro atoms. The molecule has 4 aliphatic rings. The number of aliphatic hydroxyl groups is 2. The number of benzene rings is 1. The number of imide groups is 1. The van der Waals surface area contributed by atoms with Gasteiger partial charge in [0.05, 0.1) is 18.7 Å². The molecule has 0 aliphatic carbocycles. The van der Waals surface area contributed by atoms with E-state index in [9.17, 15) is 24.6 Å².